The number of rotatable bonds is 3. The number of para-hydroxylation sites is 1. The van der Waals surface area contributed by atoms with Gasteiger partial charge in [0.1, 0.15) is 0 Å². The molecule has 3 heteroatoms. The Balaban J connectivity index is 2.07. The zero-order valence-corrected chi connectivity index (χ0v) is 9.99. The summed E-state index contributed by atoms with van der Waals surface area (Å²) in [6.07, 6.45) is 2.62. The largest absolute Gasteiger partial charge is 0.397 e. The Morgan fingerprint density at radius 3 is 2.94 bits per heavy atom. The van der Waals surface area contributed by atoms with E-state index in [4.69, 9.17) is 10.5 Å². The lowest BCUT2D eigenvalue weighted by Crippen LogP contribution is -2.30. The van der Waals surface area contributed by atoms with E-state index in [1.807, 2.05) is 12.1 Å². The van der Waals surface area contributed by atoms with Crippen LogP contribution in [0.1, 0.15) is 25.3 Å². The van der Waals surface area contributed by atoms with Crippen LogP contribution < -0.4 is 11.1 Å². The SMILES string of the molecule is Cc1cccc(N)c1NC(C)C1CCCO1. The molecule has 0 spiro atoms. The molecule has 1 aliphatic rings. The van der Waals surface area contributed by atoms with Crippen molar-refractivity contribution in [1.82, 2.24) is 0 Å². The Kier molecular flexibility index (Phi) is 3.34. The van der Waals surface area contributed by atoms with Gasteiger partial charge in [0.2, 0.25) is 0 Å². The summed E-state index contributed by atoms with van der Waals surface area (Å²) in [6, 6.07) is 6.29. The minimum absolute atomic E-state index is 0.311. The first kappa shape index (κ1) is 11.3. The molecule has 2 atom stereocenters. The van der Waals surface area contributed by atoms with Crippen LogP contribution in [-0.2, 0) is 4.74 Å². The fraction of sp³-hybridized carbons (Fsp3) is 0.538. The van der Waals surface area contributed by atoms with E-state index < -0.39 is 0 Å². The average Bonchev–Trinajstić information content (AvgIpc) is 2.76. The Labute approximate surface area is 97.0 Å². The van der Waals surface area contributed by atoms with Crippen molar-refractivity contribution in [3.05, 3.63) is 23.8 Å². The molecule has 3 nitrogen and oxygen atoms in total. The van der Waals surface area contributed by atoms with Gasteiger partial charge in [-0.05, 0) is 38.3 Å². The molecule has 0 saturated carbocycles. The molecule has 2 unspecified atom stereocenters. The van der Waals surface area contributed by atoms with Crippen LogP contribution in [0.2, 0.25) is 0 Å². The molecule has 0 aromatic heterocycles. The normalized spacial score (nSPS) is 22.0. The molecule has 88 valence electrons. The van der Waals surface area contributed by atoms with Crippen LogP contribution in [0.5, 0.6) is 0 Å². The van der Waals surface area contributed by atoms with Crippen LogP contribution >= 0.6 is 0 Å². The second-order valence-corrected chi connectivity index (χ2v) is 4.52. The maximum atomic E-state index is 5.97. The molecule has 3 N–H and O–H groups in total. The van der Waals surface area contributed by atoms with Gasteiger partial charge in [0.15, 0.2) is 0 Å². The van der Waals surface area contributed by atoms with E-state index >= 15 is 0 Å². The maximum Gasteiger partial charge on any atom is 0.0774 e. The molecule has 0 aliphatic carbocycles. The van der Waals surface area contributed by atoms with Gasteiger partial charge in [-0.15, -0.1) is 0 Å². The maximum absolute atomic E-state index is 5.97. The predicted molar refractivity (Wildman–Crippen MR) is 67.7 cm³/mol. The molecule has 1 heterocycles. The van der Waals surface area contributed by atoms with E-state index in [0.717, 1.165) is 24.4 Å². The van der Waals surface area contributed by atoms with E-state index in [1.165, 1.54) is 12.0 Å². The molecule has 0 radical (unpaired) electrons. The molecule has 1 aromatic rings. The van der Waals surface area contributed by atoms with Gasteiger partial charge in [-0.1, -0.05) is 12.1 Å². The van der Waals surface area contributed by atoms with Crippen LogP contribution in [-0.4, -0.2) is 18.8 Å². The van der Waals surface area contributed by atoms with Crippen LogP contribution in [0, 0.1) is 6.92 Å². The number of hydrogen-bond donors (Lipinski definition) is 2. The van der Waals surface area contributed by atoms with Gasteiger partial charge >= 0.3 is 0 Å². The first-order chi connectivity index (χ1) is 7.68. The number of hydrogen-bond acceptors (Lipinski definition) is 3. The van der Waals surface area contributed by atoms with Gasteiger partial charge < -0.3 is 15.8 Å². The van der Waals surface area contributed by atoms with Gasteiger partial charge in [-0.3, -0.25) is 0 Å². The third-order valence-corrected chi connectivity index (χ3v) is 3.20. The van der Waals surface area contributed by atoms with Crippen LogP contribution in [0.25, 0.3) is 0 Å². The number of anilines is 2. The zero-order valence-electron chi connectivity index (χ0n) is 9.99. The third-order valence-electron chi connectivity index (χ3n) is 3.20. The topological polar surface area (TPSA) is 47.3 Å². The summed E-state index contributed by atoms with van der Waals surface area (Å²) in [5, 5.41) is 3.47. The highest BCUT2D eigenvalue weighted by Gasteiger charge is 2.22. The molecule has 0 amide bonds. The lowest BCUT2D eigenvalue weighted by molar-refractivity contribution is 0.0997. The Morgan fingerprint density at radius 2 is 2.31 bits per heavy atom. The van der Waals surface area contributed by atoms with Crippen molar-refractivity contribution < 1.29 is 4.74 Å². The molecule has 1 fully saturated rings. The summed E-state index contributed by atoms with van der Waals surface area (Å²) < 4.78 is 5.66. The van der Waals surface area contributed by atoms with Crippen molar-refractivity contribution in [3.63, 3.8) is 0 Å². The molecular weight excluding hydrogens is 200 g/mol. The lowest BCUT2D eigenvalue weighted by atomic mass is 10.1. The van der Waals surface area contributed by atoms with Crippen molar-refractivity contribution in [2.24, 2.45) is 0 Å². The number of aryl methyl sites for hydroxylation is 1. The van der Waals surface area contributed by atoms with E-state index in [0.29, 0.717) is 12.1 Å². The monoisotopic (exact) mass is 220 g/mol. The van der Waals surface area contributed by atoms with Gasteiger partial charge in [0.25, 0.3) is 0 Å². The summed E-state index contributed by atoms with van der Waals surface area (Å²) in [4.78, 5) is 0. The van der Waals surface area contributed by atoms with Crippen LogP contribution in [0.15, 0.2) is 18.2 Å². The number of nitrogen functional groups attached to an aromatic ring is 1. The number of nitrogens with two attached hydrogens (primary N) is 1. The Morgan fingerprint density at radius 1 is 1.50 bits per heavy atom. The highest BCUT2D eigenvalue weighted by atomic mass is 16.5. The van der Waals surface area contributed by atoms with Gasteiger partial charge in [0.05, 0.1) is 17.5 Å². The summed E-state index contributed by atoms with van der Waals surface area (Å²) in [7, 11) is 0. The first-order valence-electron chi connectivity index (χ1n) is 5.91. The standard InChI is InChI=1S/C13H20N2O/c1-9-5-3-6-11(14)13(9)15-10(2)12-7-4-8-16-12/h3,5-6,10,12,15H,4,7-8,14H2,1-2H3. The highest BCUT2D eigenvalue weighted by Crippen LogP contribution is 2.26. The quantitative estimate of drug-likeness (QED) is 0.770. The molecule has 1 aromatic carbocycles. The Hall–Kier alpha value is -1.22. The van der Waals surface area contributed by atoms with Gasteiger partial charge in [0, 0.05) is 12.6 Å². The second kappa shape index (κ2) is 4.74. The van der Waals surface area contributed by atoms with E-state index in [9.17, 15) is 0 Å². The first-order valence-corrected chi connectivity index (χ1v) is 5.91. The van der Waals surface area contributed by atoms with Crippen LogP contribution in [0.3, 0.4) is 0 Å². The van der Waals surface area contributed by atoms with Gasteiger partial charge in [-0.2, -0.15) is 0 Å². The van der Waals surface area contributed by atoms with Crippen molar-refractivity contribution in [1.29, 1.82) is 0 Å². The van der Waals surface area contributed by atoms with E-state index in [-0.39, 0.29) is 0 Å². The highest BCUT2D eigenvalue weighted by molar-refractivity contribution is 5.70. The summed E-state index contributed by atoms with van der Waals surface area (Å²) >= 11 is 0. The number of ether oxygens (including phenoxy) is 1. The summed E-state index contributed by atoms with van der Waals surface area (Å²) in [5.74, 6) is 0. The molecular formula is C13H20N2O. The fourth-order valence-corrected chi connectivity index (χ4v) is 2.21. The minimum atomic E-state index is 0.311. The molecule has 1 aliphatic heterocycles. The Bertz CT molecular complexity index is 339. The fourth-order valence-electron chi connectivity index (χ4n) is 2.21. The molecule has 16 heavy (non-hydrogen) atoms. The van der Waals surface area contributed by atoms with Crippen molar-refractivity contribution in [3.8, 4) is 0 Å². The number of benzene rings is 1. The lowest BCUT2D eigenvalue weighted by Gasteiger charge is -2.23. The van der Waals surface area contributed by atoms with Crippen LogP contribution in [0.4, 0.5) is 11.4 Å². The van der Waals surface area contributed by atoms with Crippen molar-refractivity contribution in [2.75, 3.05) is 17.7 Å². The van der Waals surface area contributed by atoms with E-state index in [1.54, 1.807) is 0 Å². The number of nitrogens with one attached hydrogen (secondary N) is 1. The molecule has 2 rings (SSSR count). The van der Waals surface area contributed by atoms with Crippen molar-refractivity contribution in [2.45, 2.75) is 38.8 Å². The zero-order chi connectivity index (χ0) is 11.5. The third kappa shape index (κ3) is 2.30. The predicted octanol–water partition coefficient (Wildman–Crippen LogP) is 2.56. The smallest absolute Gasteiger partial charge is 0.0774 e. The molecule has 0 bridgehead atoms. The second-order valence-electron chi connectivity index (χ2n) is 4.52. The van der Waals surface area contributed by atoms with E-state index in [2.05, 4.69) is 25.2 Å². The summed E-state index contributed by atoms with van der Waals surface area (Å²) in [6.45, 7) is 5.11. The average molecular weight is 220 g/mol. The minimum Gasteiger partial charge on any atom is -0.397 e. The van der Waals surface area contributed by atoms with Gasteiger partial charge in [-0.25, -0.2) is 0 Å². The summed E-state index contributed by atoms with van der Waals surface area (Å²) in [5.41, 5.74) is 9.01. The molecule has 1 saturated heterocycles. The van der Waals surface area contributed by atoms with Crippen molar-refractivity contribution >= 4 is 11.4 Å².